The molecule has 43 heavy (non-hydrogen) atoms. The summed E-state index contributed by atoms with van der Waals surface area (Å²) in [5, 5.41) is 6.27. The van der Waals surface area contributed by atoms with E-state index in [-0.39, 0.29) is 17.6 Å². The van der Waals surface area contributed by atoms with Gasteiger partial charge in [-0.3, -0.25) is 4.79 Å². The third kappa shape index (κ3) is 7.42. The average Bonchev–Trinajstić information content (AvgIpc) is 3.05. The number of hydrogen-bond acceptors (Lipinski definition) is 9. The molecule has 11 heteroatoms. The van der Waals surface area contributed by atoms with Gasteiger partial charge in [0.15, 0.2) is 11.5 Å². The third-order valence-electron chi connectivity index (χ3n) is 7.12. The van der Waals surface area contributed by atoms with E-state index >= 15 is 0 Å². The third-order valence-corrected chi connectivity index (χ3v) is 7.12. The molecular weight excluding hydrogens is 553 g/mol. The molecule has 0 spiro atoms. The van der Waals surface area contributed by atoms with Gasteiger partial charge in [-0.25, -0.2) is 9.37 Å². The predicted molar refractivity (Wildman–Crippen MR) is 161 cm³/mol. The number of carbonyl (C=O) groups is 1. The fourth-order valence-electron chi connectivity index (χ4n) is 4.91. The van der Waals surface area contributed by atoms with E-state index in [0.29, 0.717) is 53.5 Å². The standard InChI is InChI=1S/C32H34FN5O5/c1-40-27-17-24(18-28(41-2)30(27)42-3)36-32-34-15-14-29(37-32)38-16-4-5-22(20-38)31(39)35-19-21-6-10-25(11-7-21)43-26-12-8-23(33)9-13-26/h6-15,17-18,22H,4-5,16,19-20H2,1-3H3,(H,35,39)(H,34,36,37)/t22-/m0/s1. The molecule has 1 aliphatic heterocycles. The first-order valence-electron chi connectivity index (χ1n) is 13.9. The van der Waals surface area contributed by atoms with E-state index in [1.165, 1.54) is 12.1 Å². The largest absolute Gasteiger partial charge is 0.493 e. The molecule has 4 aromatic rings. The van der Waals surface area contributed by atoms with Crippen LogP contribution in [0.5, 0.6) is 28.7 Å². The van der Waals surface area contributed by atoms with Crippen molar-refractivity contribution in [3.05, 3.63) is 84.3 Å². The van der Waals surface area contributed by atoms with Crippen LogP contribution >= 0.6 is 0 Å². The quantitative estimate of drug-likeness (QED) is 0.228. The van der Waals surface area contributed by atoms with Gasteiger partial charge in [0.25, 0.3) is 0 Å². The molecular formula is C32H34FN5O5. The van der Waals surface area contributed by atoms with Gasteiger partial charge in [0, 0.05) is 43.7 Å². The van der Waals surface area contributed by atoms with Crippen LogP contribution in [0.2, 0.25) is 0 Å². The normalized spacial score (nSPS) is 14.5. The molecule has 0 saturated carbocycles. The number of nitrogens with one attached hydrogen (secondary N) is 2. The maximum Gasteiger partial charge on any atom is 0.229 e. The summed E-state index contributed by atoms with van der Waals surface area (Å²) in [4.78, 5) is 24.3. The second-order valence-electron chi connectivity index (χ2n) is 9.98. The lowest BCUT2D eigenvalue weighted by Gasteiger charge is -2.33. The van der Waals surface area contributed by atoms with Crippen molar-refractivity contribution >= 4 is 23.4 Å². The Morgan fingerprint density at radius 1 is 0.953 bits per heavy atom. The number of rotatable bonds is 11. The van der Waals surface area contributed by atoms with Gasteiger partial charge >= 0.3 is 0 Å². The Labute approximate surface area is 249 Å². The van der Waals surface area contributed by atoms with Gasteiger partial charge in [-0.05, 0) is 60.9 Å². The summed E-state index contributed by atoms with van der Waals surface area (Å²) in [7, 11) is 4.67. The highest BCUT2D eigenvalue weighted by atomic mass is 19.1. The second-order valence-corrected chi connectivity index (χ2v) is 9.98. The highest BCUT2D eigenvalue weighted by Gasteiger charge is 2.26. The first-order chi connectivity index (χ1) is 20.9. The van der Waals surface area contributed by atoms with Gasteiger partial charge in [-0.15, -0.1) is 0 Å². The average molecular weight is 588 g/mol. The zero-order valence-electron chi connectivity index (χ0n) is 24.3. The van der Waals surface area contributed by atoms with Gasteiger partial charge in [-0.2, -0.15) is 4.98 Å². The Kier molecular flexibility index (Phi) is 9.40. The fraction of sp³-hybridized carbons (Fsp3) is 0.281. The Bertz CT molecular complexity index is 1510. The SMILES string of the molecule is COc1cc(Nc2nccc(N3CCC[C@H](C(=O)NCc4ccc(Oc5ccc(F)cc5)cc4)C3)n2)cc(OC)c1OC. The van der Waals surface area contributed by atoms with Crippen molar-refractivity contribution in [3.63, 3.8) is 0 Å². The molecule has 0 aliphatic carbocycles. The minimum atomic E-state index is -0.314. The summed E-state index contributed by atoms with van der Waals surface area (Å²) >= 11 is 0. The van der Waals surface area contributed by atoms with E-state index in [1.54, 1.807) is 51.8 Å². The summed E-state index contributed by atoms with van der Waals surface area (Å²) in [5.74, 6) is 3.37. The van der Waals surface area contributed by atoms with Crippen LogP contribution in [-0.4, -0.2) is 50.3 Å². The minimum absolute atomic E-state index is 0.00108. The molecule has 1 atom stereocenters. The van der Waals surface area contributed by atoms with E-state index in [2.05, 4.69) is 20.5 Å². The van der Waals surface area contributed by atoms with Gasteiger partial charge in [0.1, 0.15) is 23.1 Å². The monoisotopic (exact) mass is 587 g/mol. The number of amides is 1. The summed E-state index contributed by atoms with van der Waals surface area (Å²) < 4.78 is 35.1. The lowest BCUT2D eigenvalue weighted by atomic mass is 9.97. The van der Waals surface area contributed by atoms with E-state index in [0.717, 1.165) is 30.8 Å². The molecule has 0 radical (unpaired) electrons. The first-order valence-corrected chi connectivity index (χ1v) is 13.9. The van der Waals surface area contributed by atoms with Crippen LogP contribution in [0, 0.1) is 11.7 Å². The molecule has 224 valence electrons. The molecule has 1 aromatic heterocycles. The summed E-state index contributed by atoms with van der Waals surface area (Å²) in [5.41, 5.74) is 1.63. The molecule has 1 saturated heterocycles. The number of carbonyl (C=O) groups excluding carboxylic acids is 1. The topological polar surface area (TPSA) is 107 Å². The number of ether oxygens (including phenoxy) is 4. The maximum absolute atomic E-state index is 13.1. The molecule has 5 rings (SSSR count). The van der Waals surface area contributed by atoms with Crippen molar-refractivity contribution in [3.8, 4) is 28.7 Å². The van der Waals surface area contributed by atoms with E-state index in [1.807, 2.05) is 30.3 Å². The Balaban J connectivity index is 1.17. The zero-order chi connectivity index (χ0) is 30.2. The molecule has 3 aromatic carbocycles. The van der Waals surface area contributed by atoms with Crippen LogP contribution in [0.3, 0.4) is 0 Å². The van der Waals surface area contributed by atoms with E-state index < -0.39 is 0 Å². The summed E-state index contributed by atoms with van der Waals surface area (Å²) in [6, 6.07) is 18.7. The number of anilines is 3. The van der Waals surface area contributed by atoms with Crippen LogP contribution in [0.4, 0.5) is 21.8 Å². The van der Waals surface area contributed by atoms with Crippen LogP contribution in [-0.2, 0) is 11.3 Å². The maximum atomic E-state index is 13.1. The van der Waals surface area contributed by atoms with Gasteiger partial charge < -0.3 is 34.5 Å². The molecule has 1 amide bonds. The van der Waals surface area contributed by atoms with Crippen molar-refractivity contribution in [1.29, 1.82) is 0 Å². The molecule has 1 fully saturated rings. The summed E-state index contributed by atoms with van der Waals surface area (Å²) in [6.07, 6.45) is 3.36. The van der Waals surface area contributed by atoms with Crippen molar-refractivity contribution < 1.29 is 28.1 Å². The molecule has 1 aliphatic rings. The Morgan fingerprint density at radius 3 is 2.28 bits per heavy atom. The number of hydrogen-bond donors (Lipinski definition) is 2. The lowest BCUT2D eigenvalue weighted by Crippen LogP contribution is -2.43. The number of piperidine rings is 1. The molecule has 2 heterocycles. The van der Waals surface area contributed by atoms with Crippen LogP contribution in [0.1, 0.15) is 18.4 Å². The highest BCUT2D eigenvalue weighted by Crippen LogP contribution is 2.40. The second kappa shape index (κ2) is 13.7. The van der Waals surface area contributed by atoms with Crippen LogP contribution < -0.4 is 34.5 Å². The summed E-state index contributed by atoms with van der Waals surface area (Å²) in [6.45, 7) is 1.75. The number of benzene rings is 3. The van der Waals surface area contributed by atoms with Gasteiger partial charge in [-0.1, -0.05) is 12.1 Å². The molecule has 0 bridgehead atoms. The minimum Gasteiger partial charge on any atom is -0.493 e. The van der Waals surface area contributed by atoms with Crippen LogP contribution in [0.25, 0.3) is 0 Å². The Hall–Kier alpha value is -5.06. The van der Waals surface area contributed by atoms with Crippen molar-refractivity contribution in [2.24, 2.45) is 5.92 Å². The zero-order valence-corrected chi connectivity index (χ0v) is 24.3. The van der Waals surface area contributed by atoms with Crippen molar-refractivity contribution in [1.82, 2.24) is 15.3 Å². The highest BCUT2D eigenvalue weighted by molar-refractivity contribution is 5.79. The molecule has 2 N–H and O–H groups in total. The number of methoxy groups -OCH3 is 3. The number of aromatic nitrogens is 2. The van der Waals surface area contributed by atoms with Crippen molar-refractivity contribution in [2.75, 3.05) is 44.6 Å². The Morgan fingerprint density at radius 2 is 1.63 bits per heavy atom. The fourth-order valence-corrected chi connectivity index (χ4v) is 4.91. The number of halogens is 1. The molecule has 10 nitrogen and oxygen atoms in total. The number of nitrogens with zero attached hydrogens (tertiary/aromatic N) is 3. The molecule has 0 unspecified atom stereocenters. The van der Waals surface area contributed by atoms with Gasteiger partial charge in [0.05, 0.1) is 27.2 Å². The first kappa shape index (κ1) is 29.4. The van der Waals surface area contributed by atoms with Crippen molar-refractivity contribution in [2.45, 2.75) is 19.4 Å². The van der Waals surface area contributed by atoms with Crippen LogP contribution in [0.15, 0.2) is 72.9 Å². The predicted octanol–water partition coefficient (Wildman–Crippen LogP) is 5.71. The van der Waals surface area contributed by atoms with Gasteiger partial charge in [0.2, 0.25) is 17.6 Å². The smallest absolute Gasteiger partial charge is 0.229 e. The van der Waals surface area contributed by atoms with E-state index in [4.69, 9.17) is 23.9 Å². The lowest BCUT2D eigenvalue weighted by molar-refractivity contribution is -0.125. The van der Waals surface area contributed by atoms with E-state index in [9.17, 15) is 9.18 Å².